The lowest BCUT2D eigenvalue weighted by atomic mass is 9.93. The van der Waals surface area contributed by atoms with Gasteiger partial charge in [0.25, 0.3) is 5.91 Å². The maximum Gasteiger partial charge on any atom is 0.292 e. The van der Waals surface area contributed by atoms with Crippen molar-refractivity contribution in [1.29, 1.82) is 0 Å². The second kappa shape index (κ2) is 7.82. The Balaban J connectivity index is 1.61. The maximum absolute atomic E-state index is 12.6. The van der Waals surface area contributed by atoms with Crippen LogP contribution >= 0.6 is 0 Å². The third kappa shape index (κ3) is 3.76. The van der Waals surface area contributed by atoms with E-state index in [1.54, 1.807) is 12.3 Å². The van der Waals surface area contributed by atoms with Gasteiger partial charge >= 0.3 is 0 Å². The minimum absolute atomic E-state index is 0.0793. The van der Waals surface area contributed by atoms with E-state index in [0.29, 0.717) is 37.2 Å². The second-order valence-electron chi connectivity index (χ2n) is 6.69. The molecule has 2 aromatic rings. The molecule has 1 saturated heterocycles. The van der Waals surface area contributed by atoms with E-state index in [1.165, 1.54) is 0 Å². The summed E-state index contributed by atoms with van der Waals surface area (Å²) in [4.78, 5) is 14.5. The van der Waals surface area contributed by atoms with Crippen molar-refractivity contribution >= 4 is 5.91 Å². The number of carbonyl (C=O) groups excluding carboxylic acids is 1. The lowest BCUT2D eigenvalue weighted by Gasteiger charge is -2.31. The molecule has 0 aliphatic carbocycles. The van der Waals surface area contributed by atoms with Crippen molar-refractivity contribution in [2.24, 2.45) is 0 Å². The van der Waals surface area contributed by atoms with Crippen molar-refractivity contribution in [2.75, 3.05) is 19.7 Å². The normalized spacial score (nSPS) is 17.0. The predicted octanol–water partition coefficient (Wildman–Crippen LogP) is 2.40. The van der Waals surface area contributed by atoms with E-state index in [2.05, 4.69) is 24.1 Å². The highest BCUT2D eigenvalue weighted by Crippen LogP contribution is 2.29. The molecule has 7 heteroatoms. The fraction of sp³-hybridized carbons (Fsp3) is 0.611. The number of aromatic nitrogens is 3. The van der Waals surface area contributed by atoms with E-state index in [0.717, 1.165) is 30.7 Å². The molecule has 7 nitrogen and oxygen atoms in total. The van der Waals surface area contributed by atoms with Gasteiger partial charge in [0, 0.05) is 42.9 Å². The molecular weight excluding hydrogens is 320 g/mol. The summed E-state index contributed by atoms with van der Waals surface area (Å²) in [6.07, 6.45) is 4.50. The summed E-state index contributed by atoms with van der Waals surface area (Å²) in [5.41, 5.74) is 1.98. The lowest BCUT2D eigenvalue weighted by Crippen LogP contribution is -2.38. The zero-order valence-corrected chi connectivity index (χ0v) is 14.9. The van der Waals surface area contributed by atoms with Gasteiger partial charge in [-0.25, -0.2) is 0 Å². The molecule has 1 aliphatic heterocycles. The van der Waals surface area contributed by atoms with Gasteiger partial charge in [0.1, 0.15) is 0 Å². The Morgan fingerprint density at radius 2 is 2.20 bits per heavy atom. The Morgan fingerprint density at radius 1 is 1.44 bits per heavy atom. The van der Waals surface area contributed by atoms with Gasteiger partial charge in [0.05, 0.1) is 18.8 Å². The molecule has 0 spiro atoms. The van der Waals surface area contributed by atoms with Gasteiger partial charge in [0.2, 0.25) is 5.76 Å². The number of piperidine rings is 1. The quantitative estimate of drug-likeness (QED) is 0.868. The minimum Gasteiger partial charge on any atom is -0.394 e. The van der Waals surface area contributed by atoms with Crippen LogP contribution in [-0.2, 0) is 6.54 Å². The zero-order valence-electron chi connectivity index (χ0n) is 14.9. The average Bonchev–Trinajstić information content (AvgIpc) is 3.30. The fourth-order valence-electron chi connectivity index (χ4n) is 3.34. The molecule has 3 rings (SSSR count). The molecule has 0 radical (unpaired) electrons. The summed E-state index contributed by atoms with van der Waals surface area (Å²) < 4.78 is 7.13. The topological polar surface area (TPSA) is 84.4 Å². The number of carbonyl (C=O) groups is 1. The van der Waals surface area contributed by atoms with Crippen molar-refractivity contribution in [3.8, 4) is 0 Å². The highest BCUT2D eigenvalue weighted by molar-refractivity contribution is 5.91. The number of likely N-dealkylation sites (tertiary alicyclic amines) is 1. The maximum atomic E-state index is 12.6. The summed E-state index contributed by atoms with van der Waals surface area (Å²) in [5, 5.41) is 17.4. The summed E-state index contributed by atoms with van der Waals surface area (Å²) in [6.45, 7) is 6.13. The smallest absolute Gasteiger partial charge is 0.292 e. The number of aliphatic hydroxyl groups excluding tert-OH is 1. The summed E-state index contributed by atoms with van der Waals surface area (Å²) in [7, 11) is 0. The van der Waals surface area contributed by atoms with Crippen molar-refractivity contribution < 1.29 is 14.4 Å². The van der Waals surface area contributed by atoms with E-state index in [1.807, 2.05) is 15.6 Å². The van der Waals surface area contributed by atoms with Crippen LogP contribution in [0.5, 0.6) is 0 Å². The summed E-state index contributed by atoms with van der Waals surface area (Å²) >= 11 is 0. The van der Waals surface area contributed by atoms with Crippen LogP contribution in [0.4, 0.5) is 0 Å². The molecule has 2 aromatic heterocycles. The third-order valence-corrected chi connectivity index (χ3v) is 5.12. The monoisotopic (exact) mass is 346 g/mol. The largest absolute Gasteiger partial charge is 0.394 e. The van der Waals surface area contributed by atoms with E-state index < -0.39 is 0 Å². The van der Waals surface area contributed by atoms with Crippen molar-refractivity contribution in [3.63, 3.8) is 0 Å². The first kappa shape index (κ1) is 17.7. The molecule has 1 amide bonds. The van der Waals surface area contributed by atoms with E-state index in [4.69, 9.17) is 9.63 Å². The van der Waals surface area contributed by atoms with Gasteiger partial charge in [-0.2, -0.15) is 5.10 Å². The number of nitrogens with zero attached hydrogens (tertiary/aromatic N) is 4. The number of aliphatic hydroxyl groups is 1. The predicted molar refractivity (Wildman–Crippen MR) is 92.4 cm³/mol. The fourth-order valence-corrected chi connectivity index (χ4v) is 3.34. The highest BCUT2D eigenvalue weighted by Gasteiger charge is 2.28. The summed E-state index contributed by atoms with van der Waals surface area (Å²) in [5.74, 6) is 0.912. The second-order valence-corrected chi connectivity index (χ2v) is 6.69. The number of hydrogen-bond acceptors (Lipinski definition) is 5. The molecule has 25 heavy (non-hydrogen) atoms. The van der Waals surface area contributed by atoms with Crippen LogP contribution in [0.1, 0.15) is 66.9 Å². The van der Waals surface area contributed by atoms with Crippen molar-refractivity contribution in [1.82, 2.24) is 19.8 Å². The Kier molecular flexibility index (Phi) is 5.53. The molecule has 1 unspecified atom stereocenters. The van der Waals surface area contributed by atoms with Gasteiger partial charge < -0.3 is 14.5 Å². The first-order valence-corrected chi connectivity index (χ1v) is 9.02. The summed E-state index contributed by atoms with van der Waals surface area (Å²) in [6, 6.07) is 3.78. The molecule has 0 saturated carbocycles. The van der Waals surface area contributed by atoms with Gasteiger partial charge in [-0.3, -0.25) is 9.48 Å². The van der Waals surface area contributed by atoms with Crippen LogP contribution in [0.3, 0.4) is 0 Å². The van der Waals surface area contributed by atoms with Crippen LogP contribution < -0.4 is 0 Å². The van der Waals surface area contributed by atoms with E-state index >= 15 is 0 Å². The molecule has 1 N–H and O–H groups in total. The molecule has 1 atom stereocenters. The van der Waals surface area contributed by atoms with Crippen LogP contribution in [0.25, 0.3) is 0 Å². The first-order valence-electron chi connectivity index (χ1n) is 9.02. The van der Waals surface area contributed by atoms with Gasteiger partial charge in [0.15, 0.2) is 0 Å². The highest BCUT2D eigenvalue weighted by atomic mass is 16.5. The molecule has 1 aliphatic rings. The number of amides is 1. The standard InChI is InChI=1S/C18H26N4O3/c1-3-13(2)15-12-17(25-20-15)18(24)21-8-5-14(6-9-21)16-4-7-19-22(16)10-11-23/h4,7,12-14,23H,3,5-6,8-11H2,1-2H3. The molecule has 0 bridgehead atoms. The van der Waals surface area contributed by atoms with Crippen LogP contribution in [-0.4, -0.2) is 50.5 Å². The van der Waals surface area contributed by atoms with Gasteiger partial charge in [-0.05, 0) is 25.3 Å². The first-order chi connectivity index (χ1) is 12.1. The lowest BCUT2D eigenvalue weighted by molar-refractivity contribution is 0.0669. The molecule has 136 valence electrons. The SMILES string of the molecule is CCC(C)c1cc(C(=O)N2CCC(c3ccnn3CCO)CC2)on1. The van der Waals surface area contributed by atoms with Gasteiger partial charge in [-0.1, -0.05) is 19.0 Å². The van der Waals surface area contributed by atoms with Crippen molar-refractivity contribution in [3.05, 3.63) is 35.5 Å². The zero-order chi connectivity index (χ0) is 17.8. The minimum atomic E-state index is -0.0793. The van der Waals surface area contributed by atoms with Crippen molar-refractivity contribution in [2.45, 2.75) is 51.5 Å². The molecule has 0 aromatic carbocycles. The molecule has 3 heterocycles. The van der Waals surface area contributed by atoms with E-state index in [9.17, 15) is 4.79 Å². The average molecular weight is 346 g/mol. The number of hydrogen-bond donors (Lipinski definition) is 1. The molecule has 1 fully saturated rings. The van der Waals surface area contributed by atoms with E-state index in [-0.39, 0.29) is 12.5 Å². The Hall–Kier alpha value is -2.15. The Labute approximate surface area is 147 Å². The van der Waals surface area contributed by atoms with Gasteiger partial charge in [-0.15, -0.1) is 0 Å². The van der Waals surface area contributed by atoms with Crippen LogP contribution in [0, 0.1) is 0 Å². The van der Waals surface area contributed by atoms with Crippen LogP contribution in [0.15, 0.2) is 22.9 Å². The molecular formula is C18H26N4O3. The Morgan fingerprint density at radius 3 is 2.88 bits per heavy atom. The Bertz CT molecular complexity index is 701. The number of rotatable bonds is 6. The third-order valence-electron chi connectivity index (χ3n) is 5.12. The van der Waals surface area contributed by atoms with Crippen LogP contribution in [0.2, 0.25) is 0 Å².